The molecule has 0 saturated heterocycles. The van der Waals surface area contributed by atoms with Gasteiger partial charge in [0.1, 0.15) is 23.9 Å². The number of imidazole rings is 1. The van der Waals surface area contributed by atoms with Gasteiger partial charge >= 0.3 is 0 Å². The summed E-state index contributed by atoms with van der Waals surface area (Å²) in [7, 11) is 0. The van der Waals surface area contributed by atoms with Gasteiger partial charge in [-0.25, -0.2) is 4.98 Å². The van der Waals surface area contributed by atoms with Crippen LogP contribution in [0.2, 0.25) is 5.02 Å². The van der Waals surface area contributed by atoms with E-state index in [4.69, 9.17) is 16.3 Å². The van der Waals surface area contributed by atoms with E-state index in [0.717, 1.165) is 23.3 Å². The van der Waals surface area contributed by atoms with Crippen molar-refractivity contribution in [2.24, 2.45) is 0 Å². The van der Waals surface area contributed by atoms with Crippen LogP contribution in [-0.4, -0.2) is 14.7 Å². The highest BCUT2D eigenvalue weighted by molar-refractivity contribution is 6.32. The van der Waals surface area contributed by atoms with E-state index in [9.17, 15) is 5.11 Å². The molecule has 0 amide bonds. The van der Waals surface area contributed by atoms with Crippen molar-refractivity contribution in [1.29, 1.82) is 0 Å². The fraction of sp³-hybridized carbons (Fsp3) is 0.188. The molecule has 0 saturated carbocycles. The van der Waals surface area contributed by atoms with Crippen molar-refractivity contribution < 1.29 is 9.84 Å². The van der Waals surface area contributed by atoms with Crippen LogP contribution in [0, 0.1) is 0 Å². The number of halogens is 1. The number of aliphatic hydroxyl groups excluding tert-OH is 1. The van der Waals surface area contributed by atoms with Crippen LogP contribution in [0.25, 0.3) is 11.0 Å². The minimum atomic E-state index is -0.102. The van der Waals surface area contributed by atoms with Crippen LogP contribution in [0.4, 0.5) is 0 Å². The van der Waals surface area contributed by atoms with Gasteiger partial charge in [-0.05, 0) is 25.1 Å². The quantitative estimate of drug-likeness (QED) is 0.792. The van der Waals surface area contributed by atoms with Gasteiger partial charge in [0.25, 0.3) is 0 Å². The molecule has 1 aromatic heterocycles. The lowest BCUT2D eigenvalue weighted by molar-refractivity contribution is 0.266. The average molecular weight is 303 g/mol. The molecule has 1 N–H and O–H groups in total. The first-order valence-electron chi connectivity index (χ1n) is 6.75. The smallest absolute Gasteiger partial charge is 0.148 e. The fourth-order valence-corrected chi connectivity index (χ4v) is 2.54. The van der Waals surface area contributed by atoms with Gasteiger partial charge in [0.05, 0.1) is 16.1 Å². The molecule has 1 heterocycles. The zero-order valence-corrected chi connectivity index (χ0v) is 12.3. The zero-order valence-electron chi connectivity index (χ0n) is 11.6. The van der Waals surface area contributed by atoms with Crippen molar-refractivity contribution >= 4 is 22.6 Å². The van der Waals surface area contributed by atoms with Gasteiger partial charge in [-0.1, -0.05) is 29.8 Å². The molecule has 0 atom stereocenters. The second kappa shape index (κ2) is 5.76. The minimum Gasteiger partial charge on any atom is -0.456 e. The molecular formula is C16H15ClN2O2. The number of nitrogens with zero attached hydrogens (tertiary/aromatic N) is 2. The third-order valence-electron chi connectivity index (χ3n) is 3.31. The van der Waals surface area contributed by atoms with Gasteiger partial charge in [0, 0.05) is 12.6 Å². The Morgan fingerprint density at radius 2 is 2.00 bits per heavy atom. The summed E-state index contributed by atoms with van der Waals surface area (Å²) in [5, 5.41) is 9.87. The van der Waals surface area contributed by atoms with E-state index >= 15 is 0 Å². The van der Waals surface area contributed by atoms with Crippen molar-refractivity contribution in [3.8, 4) is 11.5 Å². The summed E-state index contributed by atoms with van der Waals surface area (Å²) in [4.78, 5) is 4.38. The molecule has 3 aromatic rings. The molecule has 0 bridgehead atoms. The van der Waals surface area contributed by atoms with Gasteiger partial charge in [0.2, 0.25) is 0 Å². The maximum atomic E-state index is 9.38. The summed E-state index contributed by atoms with van der Waals surface area (Å²) in [6, 6.07) is 13.1. The number of aryl methyl sites for hydroxylation is 1. The van der Waals surface area contributed by atoms with Crippen molar-refractivity contribution in [2.75, 3.05) is 0 Å². The Kier molecular flexibility index (Phi) is 3.82. The van der Waals surface area contributed by atoms with Crippen LogP contribution in [-0.2, 0) is 13.2 Å². The maximum Gasteiger partial charge on any atom is 0.148 e. The van der Waals surface area contributed by atoms with Gasteiger partial charge in [-0.2, -0.15) is 0 Å². The second-order valence-electron chi connectivity index (χ2n) is 4.62. The third-order valence-corrected chi connectivity index (χ3v) is 3.60. The average Bonchev–Trinajstić information content (AvgIpc) is 2.85. The molecule has 4 nitrogen and oxygen atoms in total. The summed E-state index contributed by atoms with van der Waals surface area (Å²) >= 11 is 6.26. The number of rotatable bonds is 4. The minimum absolute atomic E-state index is 0.102. The molecule has 0 aliphatic carbocycles. The van der Waals surface area contributed by atoms with E-state index in [1.807, 2.05) is 47.9 Å². The second-order valence-corrected chi connectivity index (χ2v) is 5.02. The number of aromatic nitrogens is 2. The first-order valence-corrected chi connectivity index (χ1v) is 7.13. The lowest BCUT2D eigenvalue weighted by Gasteiger charge is -2.09. The molecule has 0 aliphatic heterocycles. The van der Waals surface area contributed by atoms with Crippen LogP contribution in [0.15, 0.2) is 42.5 Å². The molecule has 21 heavy (non-hydrogen) atoms. The number of ether oxygens (including phenoxy) is 1. The Hall–Kier alpha value is -2.04. The fourth-order valence-electron chi connectivity index (χ4n) is 2.34. The number of hydrogen-bond donors (Lipinski definition) is 1. The van der Waals surface area contributed by atoms with E-state index in [-0.39, 0.29) is 6.61 Å². The van der Waals surface area contributed by atoms with E-state index in [1.165, 1.54) is 0 Å². The van der Waals surface area contributed by atoms with E-state index in [1.54, 1.807) is 6.07 Å². The number of hydrogen-bond acceptors (Lipinski definition) is 3. The maximum absolute atomic E-state index is 9.38. The van der Waals surface area contributed by atoms with Crippen molar-refractivity contribution in [1.82, 2.24) is 9.55 Å². The summed E-state index contributed by atoms with van der Waals surface area (Å²) < 4.78 is 7.77. The molecule has 0 spiro atoms. The lowest BCUT2D eigenvalue weighted by atomic mass is 10.3. The highest BCUT2D eigenvalue weighted by Gasteiger charge is 2.13. The standard InChI is InChI=1S/C16H15ClN2O2/c1-2-19-14-9-15(21-11-6-4-3-5-7-11)12(17)8-13(14)18-16(19)10-20/h3-9,20H,2,10H2,1H3. The first kappa shape index (κ1) is 13.9. The zero-order chi connectivity index (χ0) is 14.8. The molecule has 2 aromatic carbocycles. The van der Waals surface area contributed by atoms with Crippen molar-refractivity contribution in [3.05, 3.63) is 53.3 Å². The molecule has 108 valence electrons. The predicted molar refractivity (Wildman–Crippen MR) is 82.9 cm³/mol. The molecule has 0 radical (unpaired) electrons. The third kappa shape index (κ3) is 2.60. The Bertz CT molecular complexity index is 769. The van der Waals surface area contributed by atoms with Crippen molar-refractivity contribution in [3.63, 3.8) is 0 Å². The van der Waals surface area contributed by atoms with Gasteiger partial charge in [-0.3, -0.25) is 0 Å². The van der Waals surface area contributed by atoms with Gasteiger partial charge < -0.3 is 14.4 Å². The lowest BCUT2D eigenvalue weighted by Crippen LogP contribution is -2.01. The van der Waals surface area contributed by atoms with Crippen LogP contribution < -0.4 is 4.74 Å². The van der Waals surface area contributed by atoms with E-state index < -0.39 is 0 Å². The Labute approximate surface area is 127 Å². The van der Waals surface area contributed by atoms with Gasteiger partial charge in [0.15, 0.2) is 0 Å². The molecule has 0 unspecified atom stereocenters. The molecule has 3 rings (SSSR count). The van der Waals surface area contributed by atoms with Crippen LogP contribution in [0.5, 0.6) is 11.5 Å². The van der Waals surface area contributed by atoms with Gasteiger partial charge in [-0.15, -0.1) is 0 Å². The highest BCUT2D eigenvalue weighted by Crippen LogP contribution is 2.33. The Balaban J connectivity index is 2.09. The van der Waals surface area contributed by atoms with Crippen LogP contribution >= 0.6 is 11.6 Å². The van der Waals surface area contributed by atoms with E-state index in [0.29, 0.717) is 16.6 Å². The first-order chi connectivity index (χ1) is 10.2. The normalized spacial score (nSPS) is 11.0. The number of benzene rings is 2. The number of fused-ring (bicyclic) bond motifs is 1. The summed E-state index contributed by atoms with van der Waals surface area (Å²) in [5.41, 5.74) is 1.66. The van der Waals surface area contributed by atoms with Crippen molar-refractivity contribution in [2.45, 2.75) is 20.1 Å². The number of para-hydroxylation sites is 1. The monoisotopic (exact) mass is 302 g/mol. The van der Waals surface area contributed by atoms with Crippen LogP contribution in [0.1, 0.15) is 12.7 Å². The summed E-state index contributed by atoms with van der Waals surface area (Å²) in [6.07, 6.45) is 0. The van der Waals surface area contributed by atoms with E-state index in [2.05, 4.69) is 4.98 Å². The topological polar surface area (TPSA) is 47.3 Å². The Morgan fingerprint density at radius 1 is 1.24 bits per heavy atom. The molecule has 5 heteroatoms. The predicted octanol–water partition coefficient (Wildman–Crippen LogP) is 3.99. The molecule has 0 aliphatic rings. The number of aliphatic hydroxyl groups is 1. The highest BCUT2D eigenvalue weighted by atomic mass is 35.5. The Morgan fingerprint density at radius 3 is 2.67 bits per heavy atom. The summed E-state index contributed by atoms with van der Waals surface area (Å²) in [5.74, 6) is 1.93. The largest absolute Gasteiger partial charge is 0.456 e. The molecule has 0 fully saturated rings. The summed E-state index contributed by atoms with van der Waals surface area (Å²) in [6.45, 7) is 2.63. The SMILES string of the molecule is CCn1c(CO)nc2cc(Cl)c(Oc3ccccc3)cc21. The van der Waals surface area contributed by atoms with Crippen LogP contribution in [0.3, 0.4) is 0 Å². The molecular weight excluding hydrogens is 288 g/mol.